The summed E-state index contributed by atoms with van der Waals surface area (Å²) in [6, 6.07) is 2.47. The summed E-state index contributed by atoms with van der Waals surface area (Å²) < 4.78 is 0. The first-order valence-corrected chi connectivity index (χ1v) is 7.25. The molecule has 1 fully saturated rings. The van der Waals surface area contributed by atoms with Gasteiger partial charge >= 0.3 is 0 Å². The number of benzene rings is 1. The first-order valence-electron chi connectivity index (χ1n) is 7.25. The molecule has 0 saturated heterocycles. The lowest BCUT2D eigenvalue weighted by Crippen LogP contribution is -2.29. The van der Waals surface area contributed by atoms with Crippen molar-refractivity contribution >= 4 is 0 Å². The van der Waals surface area contributed by atoms with Crippen LogP contribution in [0.1, 0.15) is 53.5 Å². The minimum atomic E-state index is 0.997. The van der Waals surface area contributed by atoms with Crippen LogP contribution in [-0.2, 0) is 12.8 Å². The molecule has 2 aliphatic carbocycles. The van der Waals surface area contributed by atoms with E-state index in [4.69, 9.17) is 0 Å². The van der Waals surface area contributed by atoms with Crippen molar-refractivity contribution < 1.29 is 0 Å². The van der Waals surface area contributed by atoms with Gasteiger partial charge in [-0.25, -0.2) is 0 Å². The molecular weight excluding hydrogens is 204 g/mol. The number of aryl methyl sites for hydroxylation is 1. The molecule has 17 heavy (non-hydrogen) atoms. The molecule has 1 aromatic carbocycles. The zero-order valence-electron chi connectivity index (χ0n) is 11.5. The predicted octanol–water partition coefficient (Wildman–Crippen LogP) is 4.52. The molecule has 0 radical (unpaired) electrons. The molecule has 2 atom stereocenters. The Labute approximate surface area is 105 Å². The summed E-state index contributed by atoms with van der Waals surface area (Å²) in [6.45, 7) is 6.90. The maximum absolute atomic E-state index is 2.47. The lowest BCUT2D eigenvalue weighted by molar-refractivity contribution is 0.220. The monoisotopic (exact) mass is 228 g/mol. The fourth-order valence-electron chi connectivity index (χ4n) is 4.05. The molecular formula is C17H24. The molecule has 0 nitrogen and oxygen atoms in total. The number of hydrogen-bond donors (Lipinski definition) is 0. The molecule has 0 heteroatoms. The van der Waals surface area contributed by atoms with E-state index < -0.39 is 0 Å². The van der Waals surface area contributed by atoms with Gasteiger partial charge in [0.2, 0.25) is 0 Å². The molecule has 0 heterocycles. The average Bonchev–Trinajstić information content (AvgIpc) is 2.34. The maximum Gasteiger partial charge on any atom is -0.0242 e. The van der Waals surface area contributed by atoms with Crippen molar-refractivity contribution in [1.82, 2.24) is 0 Å². The second-order valence-corrected chi connectivity index (χ2v) is 6.29. The zero-order valence-corrected chi connectivity index (χ0v) is 11.5. The topological polar surface area (TPSA) is 0 Å². The van der Waals surface area contributed by atoms with Gasteiger partial charge in [0.25, 0.3) is 0 Å². The molecule has 0 N–H and O–H groups in total. The third kappa shape index (κ3) is 1.82. The Bertz CT molecular complexity index is 442. The lowest BCUT2D eigenvalue weighted by atomic mass is 9.67. The zero-order chi connectivity index (χ0) is 12.0. The van der Waals surface area contributed by atoms with E-state index >= 15 is 0 Å². The molecule has 3 rings (SSSR count). The number of fused-ring (bicyclic) bond motifs is 2. The van der Waals surface area contributed by atoms with Gasteiger partial charge in [0.15, 0.2) is 0 Å². The highest BCUT2D eigenvalue weighted by atomic mass is 14.4. The smallest absolute Gasteiger partial charge is 0.0242 e. The van der Waals surface area contributed by atoms with Crippen molar-refractivity contribution in [3.63, 3.8) is 0 Å². The molecule has 0 unspecified atom stereocenters. The van der Waals surface area contributed by atoms with Crippen LogP contribution in [-0.4, -0.2) is 0 Å². The Kier molecular flexibility index (Phi) is 2.77. The molecule has 0 amide bonds. The van der Waals surface area contributed by atoms with Crippen LogP contribution in [0.15, 0.2) is 6.07 Å². The van der Waals surface area contributed by atoms with Gasteiger partial charge < -0.3 is 0 Å². The van der Waals surface area contributed by atoms with Gasteiger partial charge in [-0.2, -0.15) is 0 Å². The van der Waals surface area contributed by atoms with Crippen LogP contribution in [0.2, 0.25) is 0 Å². The van der Waals surface area contributed by atoms with Crippen LogP contribution >= 0.6 is 0 Å². The average molecular weight is 228 g/mol. The molecule has 2 aliphatic rings. The minimum Gasteiger partial charge on any atom is -0.0555 e. The van der Waals surface area contributed by atoms with Crippen molar-refractivity contribution in [3.05, 3.63) is 33.9 Å². The third-order valence-corrected chi connectivity index (χ3v) is 5.40. The number of hydrogen-bond acceptors (Lipinski definition) is 0. The quantitative estimate of drug-likeness (QED) is 0.612. The van der Waals surface area contributed by atoms with E-state index in [0.717, 1.165) is 11.8 Å². The second-order valence-electron chi connectivity index (χ2n) is 6.29. The summed E-state index contributed by atoms with van der Waals surface area (Å²) in [4.78, 5) is 0. The van der Waals surface area contributed by atoms with Gasteiger partial charge in [0, 0.05) is 0 Å². The molecule has 0 aromatic heterocycles. The predicted molar refractivity (Wildman–Crippen MR) is 73.5 cm³/mol. The summed E-state index contributed by atoms with van der Waals surface area (Å²) in [5.41, 5.74) is 7.99. The van der Waals surface area contributed by atoms with E-state index in [2.05, 4.69) is 26.8 Å². The minimum absolute atomic E-state index is 0.997. The van der Waals surface area contributed by atoms with Gasteiger partial charge in [-0.05, 0) is 86.1 Å². The lowest BCUT2D eigenvalue weighted by Gasteiger charge is -2.38. The first kappa shape index (κ1) is 11.3. The fourth-order valence-corrected chi connectivity index (χ4v) is 4.05. The fraction of sp³-hybridized carbons (Fsp3) is 0.647. The molecule has 0 aliphatic heterocycles. The van der Waals surface area contributed by atoms with E-state index in [-0.39, 0.29) is 0 Å². The van der Waals surface area contributed by atoms with E-state index in [0.29, 0.717) is 0 Å². The van der Waals surface area contributed by atoms with Crippen molar-refractivity contribution in [2.45, 2.75) is 59.3 Å². The summed E-state index contributed by atoms with van der Waals surface area (Å²) >= 11 is 0. The number of rotatable bonds is 0. The van der Waals surface area contributed by atoms with Crippen LogP contribution in [0, 0.1) is 32.6 Å². The van der Waals surface area contributed by atoms with Gasteiger partial charge in [0.05, 0.1) is 0 Å². The third-order valence-electron chi connectivity index (χ3n) is 5.40. The van der Waals surface area contributed by atoms with E-state index in [9.17, 15) is 0 Å². The van der Waals surface area contributed by atoms with Crippen molar-refractivity contribution in [2.24, 2.45) is 11.8 Å². The summed E-state index contributed by atoms with van der Waals surface area (Å²) in [5.74, 6) is 2.00. The summed E-state index contributed by atoms with van der Waals surface area (Å²) in [6.07, 6.45) is 8.64. The Morgan fingerprint density at radius 2 is 1.53 bits per heavy atom. The Balaban J connectivity index is 2.02. The normalized spacial score (nSPS) is 27.5. The molecule has 92 valence electrons. The Morgan fingerprint density at radius 3 is 2.24 bits per heavy atom. The van der Waals surface area contributed by atoms with Crippen molar-refractivity contribution in [1.29, 1.82) is 0 Å². The van der Waals surface area contributed by atoms with E-state index in [1.54, 1.807) is 16.7 Å². The maximum atomic E-state index is 2.47. The summed E-state index contributed by atoms with van der Waals surface area (Å²) in [7, 11) is 0. The Morgan fingerprint density at radius 1 is 0.882 bits per heavy atom. The van der Waals surface area contributed by atoms with Crippen LogP contribution in [0.5, 0.6) is 0 Å². The summed E-state index contributed by atoms with van der Waals surface area (Å²) in [5, 5.41) is 0. The van der Waals surface area contributed by atoms with E-state index in [1.807, 2.05) is 0 Å². The van der Waals surface area contributed by atoms with Crippen molar-refractivity contribution in [3.8, 4) is 0 Å². The van der Waals surface area contributed by atoms with Crippen LogP contribution in [0.25, 0.3) is 0 Å². The first-order chi connectivity index (χ1) is 8.16. The second kappa shape index (κ2) is 4.15. The molecule has 1 saturated carbocycles. The van der Waals surface area contributed by atoms with Crippen LogP contribution in [0.3, 0.4) is 0 Å². The molecule has 0 spiro atoms. The highest BCUT2D eigenvalue weighted by Gasteiger charge is 2.31. The largest absolute Gasteiger partial charge is 0.0555 e. The van der Waals surface area contributed by atoms with E-state index in [1.165, 1.54) is 49.7 Å². The van der Waals surface area contributed by atoms with Gasteiger partial charge in [-0.15, -0.1) is 0 Å². The van der Waals surface area contributed by atoms with Gasteiger partial charge in [-0.1, -0.05) is 18.9 Å². The van der Waals surface area contributed by atoms with Crippen LogP contribution in [0.4, 0.5) is 0 Å². The standard InChI is InChI=1S/C17H24/c1-11-8-16-9-14-6-4-5-7-15(14)10-17(16)13(3)12(11)2/h8,14-15H,4-7,9-10H2,1-3H3/t14-,15+/m1/s1. The highest BCUT2D eigenvalue weighted by molar-refractivity contribution is 5.46. The highest BCUT2D eigenvalue weighted by Crippen LogP contribution is 2.41. The SMILES string of the molecule is Cc1cc2c(c(C)c1C)C[C@@H]1CCCC[C@@H]1C2. The van der Waals surface area contributed by atoms with Gasteiger partial charge in [0.1, 0.15) is 0 Å². The van der Waals surface area contributed by atoms with Crippen molar-refractivity contribution in [2.75, 3.05) is 0 Å². The van der Waals surface area contributed by atoms with Gasteiger partial charge in [-0.3, -0.25) is 0 Å². The molecule has 0 bridgehead atoms. The Hall–Kier alpha value is -0.780. The molecule has 1 aromatic rings. The van der Waals surface area contributed by atoms with Crippen LogP contribution < -0.4 is 0 Å².